The number of ether oxygens (including phenoxy) is 1. The zero-order chi connectivity index (χ0) is 14.2. The van der Waals surface area contributed by atoms with Gasteiger partial charge in [-0.2, -0.15) is 0 Å². The smallest absolute Gasteiger partial charge is 0.339 e. The monoisotopic (exact) mass is 270 g/mol. The average molecular weight is 270 g/mol. The van der Waals surface area contributed by atoms with Crippen molar-refractivity contribution in [3.8, 4) is 0 Å². The van der Waals surface area contributed by atoms with E-state index < -0.39 is 37.1 Å². The van der Waals surface area contributed by atoms with Gasteiger partial charge in [-0.25, -0.2) is 4.79 Å². The molecule has 0 spiro atoms. The summed E-state index contributed by atoms with van der Waals surface area (Å²) in [5, 5.41) is 44.6. The molecule has 0 radical (unpaired) electrons. The van der Waals surface area contributed by atoms with Gasteiger partial charge in [0.05, 0.1) is 12.0 Å². The van der Waals surface area contributed by atoms with Crippen LogP contribution in [0.25, 0.3) is 0 Å². The topological polar surface area (TPSA) is 136 Å². The molecule has 1 aliphatic rings. The normalized spacial score (nSPS) is 30.5. The molecule has 1 aromatic heterocycles. The zero-order valence-corrected chi connectivity index (χ0v) is 9.80. The average Bonchev–Trinajstić information content (AvgIpc) is 2.66. The molecule has 0 amide bonds. The molecule has 1 aliphatic heterocycles. The highest BCUT2D eigenvalue weighted by Crippen LogP contribution is 2.28. The number of aliphatic hydroxyl groups is 3. The predicted molar refractivity (Wildman–Crippen MR) is 60.3 cm³/mol. The van der Waals surface area contributed by atoms with Gasteiger partial charge in [-0.15, -0.1) is 0 Å². The number of aromatic nitrogens is 1. The molecular formula is C11H14N2O6. The van der Waals surface area contributed by atoms with Crippen LogP contribution in [0.3, 0.4) is 0 Å². The lowest BCUT2D eigenvalue weighted by Crippen LogP contribution is -2.33. The fourth-order valence-corrected chi connectivity index (χ4v) is 1.97. The van der Waals surface area contributed by atoms with Crippen LogP contribution in [0.1, 0.15) is 16.6 Å². The summed E-state index contributed by atoms with van der Waals surface area (Å²) in [4.78, 5) is 10.9. The van der Waals surface area contributed by atoms with Crippen molar-refractivity contribution in [2.75, 3.05) is 6.61 Å². The maximum atomic E-state index is 10.9. The van der Waals surface area contributed by atoms with Gasteiger partial charge in [0.2, 0.25) is 0 Å². The van der Waals surface area contributed by atoms with E-state index in [1.165, 1.54) is 16.8 Å². The van der Waals surface area contributed by atoms with Crippen molar-refractivity contribution >= 4 is 5.97 Å². The number of carboxylic acid groups (broad SMARTS) is 1. The van der Waals surface area contributed by atoms with Gasteiger partial charge in [0, 0.05) is 12.4 Å². The Morgan fingerprint density at radius 2 is 2.11 bits per heavy atom. The van der Waals surface area contributed by atoms with E-state index >= 15 is 0 Å². The molecule has 4 atom stereocenters. The first kappa shape index (κ1) is 13.7. The molecule has 1 fully saturated rings. The Hall–Kier alpha value is -1.74. The number of carbonyl (C=O) groups is 1. The predicted octanol–water partition coefficient (Wildman–Crippen LogP) is -1.72. The molecular weight excluding hydrogens is 256 g/mol. The molecule has 0 aliphatic carbocycles. The molecule has 1 saturated heterocycles. The second-order valence-electron chi connectivity index (χ2n) is 4.25. The van der Waals surface area contributed by atoms with Crippen molar-refractivity contribution in [1.82, 2.24) is 4.57 Å². The van der Waals surface area contributed by atoms with E-state index in [9.17, 15) is 15.0 Å². The summed E-state index contributed by atoms with van der Waals surface area (Å²) >= 11 is 0. The van der Waals surface area contributed by atoms with Crippen LogP contribution >= 0.6 is 0 Å². The molecule has 0 aromatic carbocycles. The number of aliphatic hydroxyl groups excluding tert-OH is 3. The molecule has 0 saturated carbocycles. The van der Waals surface area contributed by atoms with E-state index in [1.54, 1.807) is 0 Å². The van der Waals surface area contributed by atoms with Gasteiger partial charge >= 0.3 is 5.97 Å². The SMILES string of the molecule is N=c1ccn([C@@H]2O[C@H](CO)[C@@H](O)[C@H]2O)cc1C(=O)O. The molecule has 5 N–H and O–H groups in total. The van der Waals surface area contributed by atoms with Gasteiger partial charge in [0.1, 0.15) is 23.9 Å². The first-order valence-electron chi connectivity index (χ1n) is 5.58. The minimum atomic E-state index is -1.29. The van der Waals surface area contributed by atoms with Gasteiger partial charge in [-0.1, -0.05) is 0 Å². The molecule has 8 heteroatoms. The number of pyridine rings is 1. The van der Waals surface area contributed by atoms with Crippen molar-refractivity contribution in [2.24, 2.45) is 0 Å². The van der Waals surface area contributed by atoms with Crippen molar-refractivity contribution < 1.29 is 30.0 Å². The third-order valence-corrected chi connectivity index (χ3v) is 3.02. The lowest BCUT2D eigenvalue weighted by molar-refractivity contribution is -0.0531. The number of nitrogens with one attached hydrogen (secondary N) is 1. The summed E-state index contributed by atoms with van der Waals surface area (Å²) < 4.78 is 6.51. The number of hydrogen-bond acceptors (Lipinski definition) is 6. The largest absolute Gasteiger partial charge is 0.478 e. The molecule has 2 heterocycles. The molecule has 2 rings (SSSR count). The van der Waals surface area contributed by atoms with Crippen molar-refractivity contribution in [1.29, 1.82) is 5.41 Å². The van der Waals surface area contributed by atoms with Crippen molar-refractivity contribution in [3.05, 3.63) is 29.4 Å². The van der Waals surface area contributed by atoms with Crippen LogP contribution in [0.4, 0.5) is 0 Å². The van der Waals surface area contributed by atoms with E-state index in [1.807, 2.05) is 0 Å². The highest BCUT2D eigenvalue weighted by atomic mass is 16.6. The minimum Gasteiger partial charge on any atom is -0.478 e. The van der Waals surface area contributed by atoms with Gasteiger partial charge in [-0.3, -0.25) is 5.41 Å². The van der Waals surface area contributed by atoms with Crippen molar-refractivity contribution in [2.45, 2.75) is 24.5 Å². The lowest BCUT2D eigenvalue weighted by atomic mass is 10.1. The summed E-state index contributed by atoms with van der Waals surface area (Å²) in [6.07, 6.45) is -1.98. The summed E-state index contributed by atoms with van der Waals surface area (Å²) in [7, 11) is 0. The Morgan fingerprint density at radius 1 is 1.42 bits per heavy atom. The van der Waals surface area contributed by atoms with Crippen LogP contribution in [0.5, 0.6) is 0 Å². The van der Waals surface area contributed by atoms with E-state index in [0.29, 0.717) is 0 Å². The molecule has 104 valence electrons. The summed E-state index contributed by atoms with van der Waals surface area (Å²) in [5.74, 6) is -1.27. The Labute approximate surface area is 107 Å². The zero-order valence-electron chi connectivity index (χ0n) is 9.80. The van der Waals surface area contributed by atoms with Crippen LogP contribution in [0.2, 0.25) is 0 Å². The van der Waals surface area contributed by atoms with Crippen LogP contribution in [-0.2, 0) is 4.74 Å². The van der Waals surface area contributed by atoms with Crippen LogP contribution < -0.4 is 5.36 Å². The second-order valence-corrected chi connectivity index (χ2v) is 4.25. The number of aromatic carboxylic acids is 1. The maximum Gasteiger partial charge on any atom is 0.339 e. The summed E-state index contributed by atoms with van der Waals surface area (Å²) in [6, 6.07) is 1.25. The fourth-order valence-electron chi connectivity index (χ4n) is 1.97. The molecule has 19 heavy (non-hydrogen) atoms. The van der Waals surface area contributed by atoms with E-state index in [4.69, 9.17) is 20.4 Å². The van der Waals surface area contributed by atoms with Gasteiger partial charge in [0.15, 0.2) is 6.23 Å². The van der Waals surface area contributed by atoms with Crippen molar-refractivity contribution in [3.63, 3.8) is 0 Å². The fraction of sp³-hybridized carbons (Fsp3) is 0.455. The molecule has 0 unspecified atom stereocenters. The van der Waals surface area contributed by atoms with Gasteiger partial charge < -0.3 is 29.7 Å². The Bertz CT molecular complexity index is 542. The highest BCUT2D eigenvalue weighted by molar-refractivity contribution is 5.86. The van der Waals surface area contributed by atoms with E-state index in [2.05, 4.69) is 0 Å². The Balaban J connectivity index is 2.35. The number of rotatable bonds is 3. The Morgan fingerprint density at radius 3 is 2.63 bits per heavy atom. The standard InChI is InChI=1S/C11H14N2O6/c12-6-1-2-13(3-5(6)11(17)18)10-9(16)8(15)7(4-14)19-10/h1-3,7-10,12,14-16H,4H2,(H,17,18)/t7-,8-,9-,10-/m1/s1. The van der Waals surface area contributed by atoms with Gasteiger partial charge in [-0.05, 0) is 6.07 Å². The first-order chi connectivity index (χ1) is 8.95. The molecule has 8 nitrogen and oxygen atoms in total. The quantitative estimate of drug-likeness (QED) is 0.443. The van der Waals surface area contributed by atoms with E-state index in [0.717, 1.165) is 6.20 Å². The van der Waals surface area contributed by atoms with Crippen LogP contribution in [-0.4, -0.2) is 55.9 Å². The van der Waals surface area contributed by atoms with E-state index in [-0.39, 0.29) is 10.9 Å². The summed E-state index contributed by atoms with van der Waals surface area (Å²) in [6.45, 7) is -0.461. The van der Waals surface area contributed by atoms with Crippen LogP contribution in [0, 0.1) is 5.41 Å². The number of hydrogen-bond donors (Lipinski definition) is 5. The second kappa shape index (κ2) is 5.10. The van der Waals surface area contributed by atoms with Gasteiger partial charge in [0.25, 0.3) is 0 Å². The number of carboxylic acids is 1. The summed E-state index contributed by atoms with van der Waals surface area (Å²) in [5.41, 5.74) is -0.250. The maximum absolute atomic E-state index is 10.9. The third-order valence-electron chi connectivity index (χ3n) is 3.02. The first-order valence-corrected chi connectivity index (χ1v) is 5.58. The highest BCUT2D eigenvalue weighted by Gasteiger charge is 2.43. The minimum absolute atomic E-state index is 0.171. The molecule has 0 bridgehead atoms. The van der Waals surface area contributed by atoms with Crippen LogP contribution in [0.15, 0.2) is 18.5 Å². The number of nitrogens with zero attached hydrogens (tertiary/aromatic N) is 1. The lowest BCUT2D eigenvalue weighted by Gasteiger charge is -2.18. The third kappa shape index (κ3) is 2.38. The Kier molecular flexibility index (Phi) is 3.67. The molecule has 1 aromatic rings.